The van der Waals surface area contributed by atoms with Crippen molar-refractivity contribution in [2.24, 2.45) is 4.99 Å². The lowest BCUT2D eigenvalue weighted by Gasteiger charge is -2.27. The fourth-order valence-corrected chi connectivity index (χ4v) is 5.64. The number of rotatable bonds is 3. The predicted octanol–water partition coefficient (Wildman–Crippen LogP) is 5.22. The second-order valence-electron chi connectivity index (χ2n) is 7.75. The summed E-state index contributed by atoms with van der Waals surface area (Å²) in [7, 11) is 0. The number of pyridine rings is 1. The van der Waals surface area contributed by atoms with E-state index in [4.69, 9.17) is 4.99 Å². The molecule has 0 saturated carbocycles. The first-order valence-electron chi connectivity index (χ1n) is 9.90. The van der Waals surface area contributed by atoms with Gasteiger partial charge in [0.25, 0.3) is 0 Å². The van der Waals surface area contributed by atoms with Crippen LogP contribution in [0.15, 0.2) is 59.7 Å². The quantitative estimate of drug-likeness (QED) is 0.598. The van der Waals surface area contributed by atoms with Gasteiger partial charge in [-0.2, -0.15) is 0 Å². The Balaban J connectivity index is 1.64. The lowest BCUT2D eigenvalue weighted by atomic mass is 9.96. The van der Waals surface area contributed by atoms with Gasteiger partial charge in [-0.25, -0.2) is 4.39 Å². The maximum absolute atomic E-state index is 14.6. The third-order valence-corrected chi connectivity index (χ3v) is 6.87. The topological polar surface area (TPSA) is 33.4 Å². The van der Waals surface area contributed by atoms with Crippen LogP contribution in [0, 0.1) is 19.7 Å². The number of fused-ring (bicyclic) bond motifs is 1. The molecule has 0 amide bonds. The van der Waals surface area contributed by atoms with Crippen LogP contribution in [0.5, 0.6) is 0 Å². The standard InChI is InChI=1S/C23H23FN4S/c1-14-12-17(16(3)28(14)20-10-5-4-8-18(20)24)22-21(19-9-6-7-11-25-19)26-23-27(22)13-15(2)29-23/h4-12,15,21-22H,13H2,1-3H3/t15-,21-,22+/m0/s1. The minimum atomic E-state index is -0.212. The fourth-order valence-electron chi connectivity index (χ4n) is 4.54. The van der Waals surface area contributed by atoms with Gasteiger partial charge in [0.15, 0.2) is 5.17 Å². The van der Waals surface area contributed by atoms with E-state index < -0.39 is 0 Å². The molecule has 1 aromatic carbocycles. The molecule has 0 bridgehead atoms. The minimum absolute atomic E-state index is 0.0548. The molecule has 1 fully saturated rings. The lowest BCUT2D eigenvalue weighted by Crippen LogP contribution is -2.28. The summed E-state index contributed by atoms with van der Waals surface area (Å²) >= 11 is 1.83. The number of hydrogen-bond donors (Lipinski definition) is 0. The van der Waals surface area contributed by atoms with E-state index in [1.807, 2.05) is 59.8 Å². The number of aromatic nitrogens is 2. The molecule has 0 aliphatic carbocycles. The molecule has 0 spiro atoms. The number of para-hydroxylation sites is 1. The Hall–Kier alpha value is -2.60. The van der Waals surface area contributed by atoms with Crippen molar-refractivity contribution in [3.63, 3.8) is 0 Å². The van der Waals surface area contributed by atoms with Crippen molar-refractivity contribution in [1.29, 1.82) is 0 Å². The van der Waals surface area contributed by atoms with Crippen LogP contribution < -0.4 is 0 Å². The van der Waals surface area contributed by atoms with Gasteiger partial charge in [0.05, 0.1) is 17.4 Å². The molecule has 0 unspecified atom stereocenters. The first-order chi connectivity index (χ1) is 14.0. The van der Waals surface area contributed by atoms with E-state index in [1.165, 1.54) is 11.6 Å². The maximum atomic E-state index is 14.6. The van der Waals surface area contributed by atoms with Crippen molar-refractivity contribution in [2.45, 2.75) is 38.1 Å². The summed E-state index contributed by atoms with van der Waals surface area (Å²) in [4.78, 5) is 12.1. The summed E-state index contributed by atoms with van der Waals surface area (Å²) in [5, 5.41) is 1.60. The number of thioether (sulfide) groups is 1. The van der Waals surface area contributed by atoms with Crippen LogP contribution >= 0.6 is 11.8 Å². The van der Waals surface area contributed by atoms with Crippen LogP contribution in [0.1, 0.15) is 41.7 Å². The molecule has 1 saturated heterocycles. The minimum Gasteiger partial charge on any atom is -0.341 e. The summed E-state index contributed by atoms with van der Waals surface area (Å²) in [6.07, 6.45) is 1.83. The molecule has 29 heavy (non-hydrogen) atoms. The van der Waals surface area contributed by atoms with Gasteiger partial charge in [0.1, 0.15) is 11.9 Å². The van der Waals surface area contributed by atoms with Crippen molar-refractivity contribution >= 4 is 16.9 Å². The zero-order chi connectivity index (χ0) is 20.1. The molecule has 2 aliphatic heterocycles. The Kier molecular flexibility index (Phi) is 4.46. The molecule has 4 heterocycles. The average molecular weight is 407 g/mol. The molecule has 0 N–H and O–H groups in total. The normalized spacial score (nSPS) is 23.4. The lowest BCUT2D eigenvalue weighted by molar-refractivity contribution is 0.320. The Morgan fingerprint density at radius 2 is 1.90 bits per heavy atom. The summed E-state index contributed by atoms with van der Waals surface area (Å²) in [5.74, 6) is -0.212. The summed E-state index contributed by atoms with van der Waals surface area (Å²) in [6.45, 7) is 7.31. The molecule has 6 heteroatoms. The highest BCUT2D eigenvalue weighted by Crippen LogP contribution is 2.48. The predicted molar refractivity (Wildman–Crippen MR) is 116 cm³/mol. The van der Waals surface area contributed by atoms with E-state index >= 15 is 0 Å². The van der Waals surface area contributed by atoms with Crippen LogP contribution in [0.4, 0.5) is 4.39 Å². The largest absolute Gasteiger partial charge is 0.341 e. The number of benzene rings is 1. The maximum Gasteiger partial charge on any atom is 0.160 e. The van der Waals surface area contributed by atoms with Gasteiger partial charge in [-0.15, -0.1) is 0 Å². The van der Waals surface area contributed by atoms with Crippen LogP contribution in [0.2, 0.25) is 0 Å². The SMILES string of the molecule is Cc1cc([C@@H]2[C@H](c3ccccn3)N=C3S[C@@H](C)CN32)c(C)n1-c1ccccc1F. The Labute approximate surface area is 174 Å². The third kappa shape index (κ3) is 2.97. The molecular formula is C23H23FN4S. The fraction of sp³-hybridized carbons (Fsp3) is 0.304. The summed E-state index contributed by atoms with van der Waals surface area (Å²) < 4.78 is 16.6. The molecule has 5 rings (SSSR count). The Morgan fingerprint density at radius 3 is 2.66 bits per heavy atom. The van der Waals surface area contributed by atoms with Crippen LogP contribution in [-0.2, 0) is 0 Å². The van der Waals surface area contributed by atoms with Gasteiger partial charge in [-0.05, 0) is 49.7 Å². The Morgan fingerprint density at radius 1 is 1.10 bits per heavy atom. The van der Waals surface area contributed by atoms with E-state index in [0.717, 1.165) is 28.8 Å². The van der Waals surface area contributed by atoms with Crippen molar-refractivity contribution in [2.75, 3.05) is 6.54 Å². The second-order valence-corrected chi connectivity index (χ2v) is 9.16. The van der Waals surface area contributed by atoms with E-state index in [-0.39, 0.29) is 17.9 Å². The Bertz CT molecular complexity index is 1090. The van der Waals surface area contributed by atoms with Gasteiger partial charge < -0.3 is 9.47 Å². The number of hydrogen-bond acceptors (Lipinski definition) is 4. The smallest absolute Gasteiger partial charge is 0.160 e. The molecule has 2 aliphatic rings. The molecule has 2 aromatic heterocycles. The highest BCUT2D eigenvalue weighted by Gasteiger charge is 2.44. The second kappa shape index (κ2) is 7.02. The summed E-state index contributed by atoms with van der Waals surface area (Å²) in [6, 6.07) is 15.2. The molecule has 148 valence electrons. The van der Waals surface area contributed by atoms with E-state index in [2.05, 4.69) is 29.8 Å². The summed E-state index contributed by atoms with van der Waals surface area (Å²) in [5.41, 5.74) is 4.83. The third-order valence-electron chi connectivity index (χ3n) is 5.76. The van der Waals surface area contributed by atoms with Crippen molar-refractivity contribution in [3.8, 4) is 5.69 Å². The van der Waals surface area contributed by atoms with Gasteiger partial charge >= 0.3 is 0 Å². The molecule has 0 radical (unpaired) electrons. The monoisotopic (exact) mass is 406 g/mol. The molecule has 3 atom stereocenters. The average Bonchev–Trinajstić information content (AvgIpc) is 3.33. The number of aliphatic imine (C=N–C) groups is 1. The van der Waals surface area contributed by atoms with Gasteiger partial charge in [-0.3, -0.25) is 9.98 Å². The van der Waals surface area contributed by atoms with Crippen LogP contribution in [-0.4, -0.2) is 31.4 Å². The first-order valence-corrected chi connectivity index (χ1v) is 10.8. The highest BCUT2D eigenvalue weighted by atomic mass is 32.2. The van der Waals surface area contributed by atoms with Crippen molar-refractivity contribution in [3.05, 3.63) is 83.2 Å². The highest BCUT2D eigenvalue weighted by molar-refractivity contribution is 8.14. The number of aryl methyl sites for hydroxylation is 1. The van der Waals surface area contributed by atoms with Gasteiger partial charge in [-0.1, -0.05) is 36.9 Å². The zero-order valence-corrected chi connectivity index (χ0v) is 17.5. The molecular weight excluding hydrogens is 383 g/mol. The van der Waals surface area contributed by atoms with Crippen molar-refractivity contribution < 1.29 is 4.39 Å². The van der Waals surface area contributed by atoms with Crippen LogP contribution in [0.3, 0.4) is 0 Å². The van der Waals surface area contributed by atoms with E-state index in [9.17, 15) is 4.39 Å². The number of nitrogens with zero attached hydrogens (tertiary/aromatic N) is 4. The first kappa shape index (κ1) is 18.4. The number of halogens is 1. The van der Waals surface area contributed by atoms with Gasteiger partial charge in [0, 0.05) is 29.4 Å². The number of amidine groups is 1. The molecule has 3 aromatic rings. The molecule has 4 nitrogen and oxygen atoms in total. The van der Waals surface area contributed by atoms with E-state index in [1.54, 1.807) is 6.07 Å². The van der Waals surface area contributed by atoms with Crippen LogP contribution in [0.25, 0.3) is 5.69 Å². The zero-order valence-electron chi connectivity index (χ0n) is 16.7. The van der Waals surface area contributed by atoms with Crippen molar-refractivity contribution in [1.82, 2.24) is 14.5 Å². The van der Waals surface area contributed by atoms with Gasteiger partial charge in [0.2, 0.25) is 0 Å². The van der Waals surface area contributed by atoms with E-state index in [0.29, 0.717) is 10.9 Å².